The third kappa shape index (κ3) is 9.05. The number of rotatable bonds is 2. The molecule has 0 amide bonds. The molecule has 0 aliphatic heterocycles. The van der Waals surface area contributed by atoms with Crippen LogP contribution in [-0.4, -0.2) is 5.43 Å². The molecule has 0 fully saturated rings. The summed E-state index contributed by atoms with van der Waals surface area (Å²) in [5, 5.41) is 0. The summed E-state index contributed by atoms with van der Waals surface area (Å²) in [5.41, 5.74) is 6.62. The maximum atomic E-state index is 2.30. The number of halogens is 2. The van der Waals surface area contributed by atoms with E-state index < -0.39 is 0 Å². The Bertz CT molecular complexity index is 522. The quantitative estimate of drug-likeness (QED) is 0.419. The van der Waals surface area contributed by atoms with Crippen LogP contribution >= 0.6 is 0 Å². The number of hydrogen-bond donors (Lipinski definition) is 0. The van der Waals surface area contributed by atoms with E-state index in [-0.39, 0.29) is 30.2 Å². The van der Waals surface area contributed by atoms with Crippen molar-refractivity contribution in [3.05, 3.63) is 58.7 Å². The zero-order chi connectivity index (χ0) is 17.2. The van der Waals surface area contributed by atoms with Crippen molar-refractivity contribution in [2.75, 3.05) is 0 Å². The zero-order valence-corrected chi connectivity index (χ0v) is 21.3. The summed E-state index contributed by atoms with van der Waals surface area (Å²) < 4.78 is 0. The van der Waals surface area contributed by atoms with E-state index in [0.717, 1.165) is 0 Å². The third-order valence-electron chi connectivity index (χ3n) is 5.15. The molecule has 4 rings (SSSR count). The molecule has 0 saturated carbocycles. The Morgan fingerprint density at radius 2 is 1.15 bits per heavy atom. The van der Waals surface area contributed by atoms with Gasteiger partial charge in [0.15, 0.2) is 0 Å². The minimum atomic E-state index is 0. The molecule has 0 aromatic heterocycles. The Morgan fingerprint density at radius 1 is 0.769 bits per heavy atom. The summed E-state index contributed by atoms with van der Waals surface area (Å²) in [7, 11) is 0. The molecule has 0 radical (unpaired) electrons. The topological polar surface area (TPSA) is 0 Å². The van der Waals surface area contributed by atoms with Crippen molar-refractivity contribution >= 4 is 5.43 Å². The molecule has 144 valence electrons. The van der Waals surface area contributed by atoms with Crippen LogP contribution in [0, 0.1) is 0 Å². The first-order valence-electron chi connectivity index (χ1n) is 9.77. The molecular weight excluding hydrogens is 454 g/mol. The average molecular weight is 487 g/mol. The van der Waals surface area contributed by atoms with Gasteiger partial charge in [0, 0.05) is 0 Å². The smallest absolute Gasteiger partial charge is 0.0512 e. The van der Waals surface area contributed by atoms with E-state index in [1.165, 1.54) is 63.5 Å². The second-order valence-corrected chi connectivity index (χ2v) is 14.7. The third-order valence-corrected chi connectivity index (χ3v) is 12.1. The standard InChI is InChI=1S/2C9H11.C4H10Si.2ClH.Zr/c2*1-2-5-9-7-3-6-8(9)4-1;1-3-5-4-2;;;/h2*3,6-7H,1-2,4-5H2;3-4H2,1-2H3;2*1H;/q2*-1;;;;+2/p-2. The van der Waals surface area contributed by atoms with Crippen LogP contribution in [0.3, 0.4) is 0 Å². The summed E-state index contributed by atoms with van der Waals surface area (Å²) in [6, 6.07) is 16.3. The summed E-state index contributed by atoms with van der Waals surface area (Å²) in [6.45, 7) is 4.60. The largest absolute Gasteiger partial charge is 1.00 e. The molecule has 4 heteroatoms. The molecule has 0 nitrogen and oxygen atoms in total. The first-order chi connectivity index (χ1) is 11.7. The fourth-order valence-electron chi connectivity index (χ4n) is 3.48. The van der Waals surface area contributed by atoms with Crippen molar-refractivity contribution in [1.29, 1.82) is 0 Å². The molecular formula is C22H32Cl2SiZr-2. The van der Waals surface area contributed by atoms with Crippen LogP contribution in [0.25, 0.3) is 0 Å². The van der Waals surface area contributed by atoms with Gasteiger partial charge >= 0.3 is 54.7 Å². The Kier molecular flexibility index (Phi) is 15.5. The molecule has 0 unspecified atom stereocenters. The minimum absolute atomic E-state index is 0. The molecule has 2 aliphatic carbocycles. The van der Waals surface area contributed by atoms with Gasteiger partial charge in [-0.05, 0) is 0 Å². The van der Waals surface area contributed by atoms with Crippen molar-refractivity contribution in [3.63, 3.8) is 0 Å². The molecule has 0 bridgehead atoms. The van der Waals surface area contributed by atoms with E-state index in [9.17, 15) is 0 Å². The second-order valence-electron chi connectivity index (χ2n) is 6.88. The van der Waals surface area contributed by atoms with E-state index in [2.05, 4.69) is 50.2 Å². The van der Waals surface area contributed by atoms with Crippen molar-refractivity contribution in [1.82, 2.24) is 0 Å². The average Bonchev–Trinajstić information content (AvgIpc) is 3.30. The van der Waals surface area contributed by atoms with Gasteiger partial charge in [0.05, 0.1) is 0 Å². The first kappa shape index (κ1) is 26.4. The predicted molar refractivity (Wildman–Crippen MR) is 104 cm³/mol. The fourth-order valence-corrected chi connectivity index (χ4v) is 3.98. The second kappa shape index (κ2) is 15.3. The van der Waals surface area contributed by atoms with E-state index in [4.69, 9.17) is 0 Å². The Morgan fingerprint density at radius 3 is 1.46 bits per heavy atom. The monoisotopic (exact) mass is 484 g/mol. The number of aryl methyl sites for hydroxylation is 4. The van der Waals surface area contributed by atoms with Gasteiger partial charge in [-0.25, -0.2) is 12.1 Å². The molecule has 26 heavy (non-hydrogen) atoms. The van der Waals surface area contributed by atoms with Crippen molar-refractivity contribution in [2.45, 2.75) is 77.3 Å². The van der Waals surface area contributed by atoms with Gasteiger partial charge < -0.3 is 24.8 Å². The van der Waals surface area contributed by atoms with Crippen molar-refractivity contribution in [2.24, 2.45) is 0 Å². The number of fused-ring (bicyclic) bond motifs is 2. The predicted octanol–water partition coefficient (Wildman–Crippen LogP) is 0.141. The van der Waals surface area contributed by atoms with Crippen LogP contribution in [-0.2, 0) is 49.0 Å². The van der Waals surface area contributed by atoms with Gasteiger partial charge in [0.2, 0.25) is 0 Å². The molecule has 2 aromatic carbocycles. The molecule has 0 atom stereocenters. The summed E-state index contributed by atoms with van der Waals surface area (Å²) in [5.74, 6) is 0. The molecule has 0 saturated heterocycles. The normalized spacial score (nSPS) is 14.0. The minimum Gasteiger partial charge on any atom is -1.00 e. The fraction of sp³-hybridized carbons (Fsp3) is 0.545. The molecule has 2 aliphatic rings. The van der Waals surface area contributed by atoms with Gasteiger partial charge in [0.25, 0.3) is 0 Å². The van der Waals surface area contributed by atoms with Crippen LogP contribution < -0.4 is 24.8 Å². The van der Waals surface area contributed by atoms with Crippen molar-refractivity contribution in [3.8, 4) is 0 Å². The van der Waals surface area contributed by atoms with Gasteiger partial charge in [-0.2, -0.15) is 46.5 Å². The van der Waals surface area contributed by atoms with E-state index in [0.29, 0.717) is 0 Å². The summed E-state index contributed by atoms with van der Waals surface area (Å²) in [4.78, 5) is 0. The van der Waals surface area contributed by atoms with Gasteiger partial charge in [-0.1, -0.05) is 51.4 Å². The SMILES string of the molecule is CC[Si](=[Zr+2])CC.[Cl-].[Cl-].c1cc2c([cH-]1)CCCC2.c1cc2c([cH-]1)CCCC2. The zero-order valence-electron chi connectivity index (χ0n) is 16.3. The Hall–Kier alpha value is 0.380. The van der Waals surface area contributed by atoms with E-state index in [1.807, 2.05) is 0 Å². The summed E-state index contributed by atoms with van der Waals surface area (Å²) >= 11 is 1.80. The van der Waals surface area contributed by atoms with Crippen LogP contribution in [0.2, 0.25) is 12.1 Å². The Balaban J connectivity index is 0.000000357. The van der Waals surface area contributed by atoms with E-state index in [1.54, 1.807) is 45.6 Å². The van der Waals surface area contributed by atoms with Crippen LogP contribution in [0.5, 0.6) is 0 Å². The molecule has 2 aromatic rings. The first-order valence-corrected chi connectivity index (χ1v) is 15.4. The maximum Gasteiger partial charge on any atom is -0.0512 e. The van der Waals surface area contributed by atoms with Gasteiger partial charge in [-0.3, -0.25) is 0 Å². The molecule has 0 N–H and O–H groups in total. The van der Waals surface area contributed by atoms with Gasteiger partial charge in [-0.15, -0.1) is 0 Å². The molecule has 0 heterocycles. The van der Waals surface area contributed by atoms with E-state index >= 15 is 0 Å². The Labute approximate surface area is 188 Å². The number of hydrogen-bond acceptors (Lipinski definition) is 0. The van der Waals surface area contributed by atoms with Gasteiger partial charge in [0.1, 0.15) is 0 Å². The van der Waals surface area contributed by atoms with Crippen LogP contribution in [0.1, 0.15) is 61.8 Å². The van der Waals surface area contributed by atoms with Crippen molar-refractivity contribution < 1.29 is 48.1 Å². The molecule has 0 spiro atoms. The maximum absolute atomic E-state index is 2.30. The van der Waals surface area contributed by atoms with Crippen LogP contribution in [0.15, 0.2) is 36.4 Å². The van der Waals surface area contributed by atoms with Crippen LogP contribution in [0.4, 0.5) is 0 Å². The summed E-state index contributed by atoms with van der Waals surface area (Å²) in [6.07, 6.45) is 10.9.